The van der Waals surface area contributed by atoms with Gasteiger partial charge in [0.25, 0.3) is 0 Å². The van der Waals surface area contributed by atoms with E-state index in [0.29, 0.717) is 11.6 Å². The van der Waals surface area contributed by atoms with Crippen molar-refractivity contribution in [2.45, 2.75) is 13.2 Å². The van der Waals surface area contributed by atoms with Gasteiger partial charge in [-0.25, -0.2) is 4.79 Å². The Kier molecular flexibility index (Phi) is 5.02. The summed E-state index contributed by atoms with van der Waals surface area (Å²) in [6.45, 7) is 0.773. The Balaban J connectivity index is 1.84. The van der Waals surface area contributed by atoms with Crippen LogP contribution in [0.25, 0.3) is 0 Å². The lowest BCUT2D eigenvalue weighted by atomic mass is 10.2. The predicted molar refractivity (Wildman–Crippen MR) is 79.5 cm³/mol. The van der Waals surface area contributed by atoms with E-state index in [1.165, 1.54) is 4.90 Å². The molecule has 2 aromatic carbocycles. The second-order valence-electron chi connectivity index (χ2n) is 4.52. The van der Waals surface area contributed by atoms with Crippen LogP contribution >= 0.6 is 11.6 Å². The van der Waals surface area contributed by atoms with Crippen LogP contribution in [0.4, 0.5) is 4.79 Å². The molecule has 20 heavy (non-hydrogen) atoms. The van der Waals surface area contributed by atoms with E-state index in [1.807, 2.05) is 42.5 Å². The minimum Gasteiger partial charge on any atom is -0.445 e. The molecular formula is C16H16ClNO2. The number of hydrogen-bond donors (Lipinski definition) is 0. The van der Waals surface area contributed by atoms with E-state index in [2.05, 4.69) is 0 Å². The van der Waals surface area contributed by atoms with Gasteiger partial charge in [-0.2, -0.15) is 0 Å². The maximum Gasteiger partial charge on any atom is 0.410 e. The van der Waals surface area contributed by atoms with Gasteiger partial charge < -0.3 is 9.64 Å². The molecule has 1 amide bonds. The molecule has 2 rings (SSSR count). The Bertz CT molecular complexity index is 554. The van der Waals surface area contributed by atoms with Crippen molar-refractivity contribution in [3.63, 3.8) is 0 Å². The Hall–Kier alpha value is -2.00. The smallest absolute Gasteiger partial charge is 0.410 e. The molecule has 0 unspecified atom stereocenters. The first-order valence-corrected chi connectivity index (χ1v) is 6.69. The Morgan fingerprint density at radius 3 is 2.35 bits per heavy atom. The van der Waals surface area contributed by atoms with Gasteiger partial charge in [0.2, 0.25) is 0 Å². The van der Waals surface area contributed by atoms with Crippen LogP contribution in [0.15, 0.2) is 54.6 Å². The van der Waals surface area contributed by atoms with Crippen LogP contribution in [0.3, 0.4) is 0 Å². The van der Waals surface area contributed by atoms with Gasteiger partial charge in [0, 0.05) is 18.6 Å². The topological polar surface area (TPSA) is 29.5 Å². The SMILES string of the molecule is CN(Cc1ccc(Cl)cc1)C(=O)OCc1ccccc1. The fourth-order valence-electron chi connectivity index (χ4n) is 1.76. The first-order chi connectivity index (χ1) is 9.65. The third kappa shape index (κ3) is 4.28. The molecule has 0 aliphatic rings. The van der Waals surface area contributed by atoms with Gasteiger partial charge >= 0.3 is 6.09 Å². The van der Waals surface area contributed by atoms with Crippen molar-refractivity contribution in [2.75, 3.05) is 7.05 Å². The molecule has 2 aromatic rings. The van der Waals surface area contributed by atoms with Crippen LogP contribution in [0.1, 0.15) is 11.1 Å². The normalized spacial score (nSPS) is 10.1. The molecule has 0 bridgehead atoms. The maximum atomic E-state index is 11.9. The minimum absolute atomic E-state index is 0.282. The molecule has 0 aliphatic heterocycles. The van der Waals surface area contributed by atoms with Crippen molar-refractivity contribution in [2.24, 2.45) is 0 Å². The van der Waals surface area contributed by atoms with E-state index in [4.69, 9.17) is 16.3 Å². The van der Waals surface area contributed by atoms with Crippen LogP contribution in [-0.4, -0.2) is 18.0 Å². The average Bonchev–Trinajstić information content (AvgIpc) is 2.48. The molecule has 0 aromatic heterocycles. The summed E-state index contributed by atoms with van der Waals surface area (Å²) in [6, 6.07) is 17.0. The molecule has 0 radical (unpaired) electrons. The Morgan fingerprint density at radius 2 is 1.70 bits per heavy atom. The summed E-state index contributed by atoms with van der Waals surface area (Å²) < 4.78 is 5.25. The quantitative estimate of drug-likeness (QED) is 0.848. The lowest BCUT2D eigenvalue weighted by molar-refractivity contribution is 0.103. The third-order valence-electron chi connectivity index (χ3n) is 2.85. The second-order valence-corrected chi connectivity index (χ2v) is 4.96. The van der Waals surface area contributed by atoms with Crippen LogP contribution in [0, 0.1) is 0 Å². The summed E-state index contributed by atoms with van der Waals surface area (Å²) in [6.07, 6.45) is -0.344. The number of ether oxygens (including phenoxy) is 1. The number of carbonyl (C=O) groups excluding carboxylic acids is 1. The van der Waals surface area contributed by atoms with Gasteiger partial charge in [-0.05, 0) is 23.3 Å². The highest BCUT2D eigenvalue weighted by molar-refractivity contribution is 6.30. The highest BCUT2D eigenvalue weighted by Crippen LogP contribution is 2.11. The maximum absolute atomic E-state index is 11.9. The number of hydrogen-bond acceptors (Lipinski definition) is 2. The van der Waals surface area contributed by atoms with E-state index >= 15 is 0 Å². The molecule has 104 valence electrons. The predicted octanol–water partition coefficient (Wildman–Crippen LogP) is 4.11. The van der Waals surface area contributed by atoms with Crippen molar-refractivity contribution >= 4 is 17.7 Å². The molecule has 0 saturated heterocycles. The average molecular weight is 290 g/mol. The van der Waals surface area contributed by atoms with Gasteiger partial charge in [-0.15, -0.1) is 0 Å². The fraction of sp³-hybridized carbons (Fsp3) is 0.188. The summed E-state index contributed by atoms with van der Waals surface area (Å²) in [5.41, 5.74) is 1.98. The van der Waals surface area contributed by atoms with Gasteiger partial charge in [0.15, 0.2) is 0 Å². The molecule has 0 aliphatic carbocycles. The molecule has 0 spiro atoms. The third-order valence-corrected chi connectivity index (χ3v) is 3.10. The number of amides is 1. The fourth-order valence-corrected chi connectivity index (χ4v) is 1.88. The number of benzene rings is 2. The zero-order valence-electron chi connectivity index (χ0n) is 11.3. The molecule has 0 saturated carbocycles. The molecule has 0 N–H and O–H groups in total. The van der Waals surface area contributed by atoms with Gasteiger partial charge in [-0.1, -0.05) is 54.1 Å². The summed E-state index contributed by atoms with van der Waals surface area (Å²) in [4.78, 5) is 13.4. The largest absolute Gasteiger partial charge is 0.445 e. The van der Waals surface area contributed by atoms with Crippen molar-refractivity contribution in [1.29, 1.82) is 0 Å². The molecular weight excluding hydrogens is 274 g/mol. The van der Waals surface area contributed by atoms with E-state index < -0.39 is 0 Å². The number of halogens is 1. The molecule has 0 fully saturated rings. The van der Waals surface area contributed by atoms with Crippen LogP contribution in [-0.2, 0) is 17.9 Å². The highest BCUT2D eigenvalue weighted by Gasteiger charge is 2.10. The molecule has 3 nitrogen and oxygen atoms in total. The van der Waals surface area contributed by atoms with Gasteiger partial charge in [-0.3, -0.25) is 0 Å². The second kappa shape index (κ2) is 6.96. The lowest BCUT2D eigenvalue weighted by Gasteiger charge is -2.17. The van der Waals surface area contributed by atoms with E-state index in [9.17, 15) is 4.79 Å². The first kappa shape index (κ1) is 14.4. The van der Waals surface area contributed by atoms with Crippen LogP contribution in [0.5, 0.6) is 0 Å². The summed E-state index contributed by atoms with van der Waals surface area (Å²) in [5.74, 6) is 0. The highest BCUT2D eigenvalue weighted by atomic mass is 35.5. The zero-order chi connectivity index (χ0) is 14.4. The summed E-state index contributed by atoms with van der Waals surface area (Å²) in [7, 11) is 1.71. The van der Waals surface area contributed by atoms with Gasteiger partial charge in [0.05, 0.1) is 0 Å². The Labute approximate surface area is 123 Å². The number of carbonyl (C=O) groups is 1. The van der Waals surface area contributed by atoms with Crippen LogP contribution in [0.2, 0.25) is 5.02 Å². The number of rotatable bonds is 4. The first-order valence-electron chi connectivity index (χ1n) is 6.31. The van der Waals surface area contributed by atoms with E-state index in [0.717, 1.165) is 11.1 Å². The van der Waals surface area contributed by atoms with E-state index in [1.54, 1.807) is 19.2 Å². The van der Waals surface area contributed by atoms with Crippen molar-refractivity contribution in [1.82, 2.24) is 4.90 Å². The van der Waals surface area contributed by atoms with Gasteiger partial charge in [0.1, 0.15) is 6.61 Å². The van der Waals surface area contributed by atoms with Crippen molar-refractivity contribution < 1.29 is 9.53 Å². The monoisotopic (exact) mass is 289 g/mol. The summed E-state index contributed by atoms with van der Waals surface area (Å²) in [5, 5.41) is 0.683. The lowest BCUT2D eigenvalue weighted by Crippen LogP contribution is -2.26. The standard InChI is InChI=1S/C16H16ClNO2/c1-18(11-13-7-9-15(17)10-8-13)16(19)20-12-14-5-3-2-4-6-14/h2-10H,11-12H2,1H3. The summed E-state index contributed by atoms with van der Waals surface area (Å²) >= 11 is 5.82. The zero-order valence-corrected chi connectivity index (χ0v) is 12.0. The van der Waals surface area contributed by atoms with E-state index in [-0.39, 0.29) is 12.7 Å². The molecule has 0 atom stereocenters. The minimum atomic E-state index is -0.344. The van der Waals surface area contributed by atoms with Crippen LogP contribution < -0.4 is 0 Å². The van der Waals surface area contributed by atoms with Crippen molar-refractivity contribution in [3.8, 4) is 0 Å². The Morgan fingerprint density at radius 1 is 1.05 bits per heavy atom. The molecule has 0 heterocycles. The van der Waals surface area contributed by atoms with Crippen molar-refractivity contribution in [3.05, 3.63) is 70.7 Å². The molecule has 4 heteroatoms. The number of nitrogens with zero attached hydrogens (tertiary/aromatic N) is 1.